The van der Waals surface area contributed by atoms with E-state index in [-0.39, 0.29) is 5.92 Å². The van der Waals surface area contributed by atoms with Gasteiger partial charge in [-0.25, -0.2) is 0 Å². The molecule has 150 valence electrons. The SMILES string of the molecule is COc1ccc2cc(C(C)c3nnc4n3N=C(c3ccc(Br)cc3)CS4)ccc2c1. The number of rotatable bonds is 4. The first-order chi connectivity index (χ1) is 14.6. The van der Waals surface area contributed by atoms with Gasteiger partial charge in [-0.15, -0.1) is 10.2 Å². The second-order valence-corrected chi connectivity index (χ2v) is 9.05. The summed E-state index contributed by atoms with van der Waals surface area (Å²) in [4.78, 5) is 0. The quantitative estimate of drug-likeness (QED) is 0.376. The summed E-state index contributed by atoms with van der Waals surface area (Å²) in [7, 11) is 1.69. The molecule has 0 aliphatic carbocycles. The zero-order chi connectivity index (χ0) is 20.7. The van der Waals surface area contributed by atoms with Crippen LogP contribution in [0.25, 0.3) is 10.8 Å². The molecule has 1 aromatic heterocycles. The molecule has 3 aromatic carbocycles. The summed E-state index contributed by atoms with van der Waals surface area (Å²) in [6, 6.07) is 20.8. The molecule has 7 heteroatoms. The van der Waals surface area contributed by atoms with Crippen molar-refractivity contribution in [2.24, 2.45) is 5.10 Å². The lowest BCUT2D eigenvalue weighted by atomic mass is 9.97. The van der Waals surface area contributed by atoms with Crippen LogP contribution in [0, 0.1) is 0 Å². The standard InChI is InChI=1S/C23H19BrN4OS/c1-14(16-3-4-18-12-20(29-2)10-7-17(18)11-16)22-25-26-23-28(22)27-21(13-30-23)15-5-8-19(24)9-6-15/h3-12,14H,13H2,1-2H3. The molecule has 0 N–H and O–H groups in total. The highest BCUT2D eigenvalue weighted by molar-refractivity contribution is 9.10. The van der Waals surface area contributed by atoms with Crippen LogP contribution in [0.3, 0.4) is 0 Å². The van der Waals surface area contributed by atoms with Gasteiger partial charge in [-0.05, 0) is 46.2 Å². The monoisotopic (exact) mass is 478 g/mol. The van der Waals surface area contributed by atoms with E-state index >= 15 is 0 Å². The van der Waals surface area contributed by atoms with Gasteiger partial charge in [0.1, 0.15) is 5.75 Å². The lowest BCUT2D eigenvalue weighted by Gasteiger charge is -2.17. The van der Waals surface area contributed by atoms with Gasteiger partial charge < -0.3 is 4.74 Å². The first kappa shape index (κ1) is 19.3. The van der Waals surface area contributed by atoms with Crippen LogP contribution in [0.4, 0.5) is 0 Å². The minimum Gasteiger partial charge on any atom is -0.497 e. The van der Waals surface area contributed by atoms with Crippen molar-refractivity contribution < 1.29 is 4.74 Å². The van der Waals surface area contributed by atoms with Gasteiger partial charge in [-0.3, -0.25) is 0 Å². The maximum Gasteiger partial charge on any atom is 0.212 e. The first-order valence-corrected chi connectivity index (χ1v) is 11.4. The van der Waals surface area contributed by atoms with E-state index in [1.165, 1.54) is 10.9 Å². The molecule has 0 saturated heterocycles. The first-order valence-electron chi connectivity index (χ1n) is 9.62. The van der Waals surface area contributed by atoms with Crippen LogP contribution in [0.5, 0.6) is 5.75 Å². The molecule has 5 rings (SSSR count). The minimum absolute atomic E-state index is 0.0615. The van der Waals surface area contributed by atoms with Gasteiger partial charge in [-0.2, -0.15) is 9.78 Å². The van der Waals surface area contributed by atoms with Gasteiger partial charge in [0.05, 0.1) is 12.8 Å². The van der Waals surface area contributed by atoms with E-state index in [1.54, 1.807) is 18.9 Å². The fraction of sp³-hybridized carbons (Fsp3) is 0.174. The van der Waals surface area contributed by atoms with Crippen molar-refractivity contribution >= 4 is 44.2 Å². The number of benzene rings is 3. The Balaban J connectivity index is 1.51. The Morgan fingerprint density at radius 2 is 1.77 bits per heavy atom. The van der Waals surface area contributed by atoms with Crippen LogP contribution in [-0.4, -0.2) is 33.4 Å². The number of thioether (sulfide) groups is 1. The lowest BCUT2D eigenvalue weighted by molar-refractivity contribution is 0.415. The fourth-order valence-electron chi connectivity index (χ4n) is 3.58. The van der Waals surface area contributed by atoms with Gasteiger partial charge in [0.25, 0.3) is 0 Å². The molecule has 1 aliphatic heterocycles. The summed E-state index contributed by atoms with van der Waals surface area (Å²) in [5.41, 5.74) is 3.32. The highest BCUT2D eigenvalue weighted by atomic mass is 79.9. The molecule has 30 heavy (non-hydrogen) atoms. The molecule has 4 aromatic rings. The van der Waals surface area contributed by atoms with Crippen LogP contribution in [-0.2, 0) is 0 Å². The van der Waals surface area contributed by atoms with E-state index in [0.717, 1.165) is 43.6 Å². The number of ether oxygens (including phenoxy) is 1. The minimum atomic E-state index is 0.0615. The highest BCUT2D eigenvalue weighted by Crippen LogP contribution is 2.32. The topological polar surface area (TPSA) is 52.3 Å². The third-order valence-electron chi connectivity index (χ3n) is 5.33. The summed E-state index contributed by atoms with van der Waals surface area (Å²) in [5.74, 6) is 2.55. The van der Waals surface area contributed by atoms with Crippen LogP contribution in [0.1, 0.15) is 29.8 Å². The third kappa shape index (κ3) is 3.52. The Bertz CT molecular complexity index is 1270. The smallest absolute Gasteiger partial charge is 0.212 e. The lowest BCUT2D eigenvalue weighted by Crippen LogP contribution is -2.15. The summed E-state index contributed by atoms with van der Waals surface area (Å²) >= 11 is 5.16. The average Bonchev–Trinajstić information content (AvgIpc) is 3.21. The van der Waals surface area contributed by atoms with Crippen molar-refractivity contribution in [1.82, 2.24) is 14.9 Å². The number of aromatic nitrogens is 3. The molecule has 1 atom stereocenters. The van der Waals surface area contributed by atoms with Gasteiger partial charge in [-0.1, -0.05) is 71.0 Å². The number of nitrogens with zero attached hydrogens (tertiary/aromatic N) is 4. The normalized spacial score (nSPS) is 14.3. The van der Waals surface area contributed by atoms with Gasteiger partial charge in [0.15, 0.2) is 5.82 Å². The largest absolute Gasteiger partial charge is 0.497 e. The van der Waals surface area contributed by atoms with E-state index in [0.29, 0.717) is 0 Å². The van der Waals surface area contributed by atoms with Crippen LogP contribution in [0.15, 0.2) is 75.4 Å². The fourth-order valence-corrected chi connectivity index (χ4v) is 4.69. The molecular weight excluding hydrogens is 460 g/mol. The molecule has 1 aliphatic rings. The number of methoxy groups -OCH3 is 1. The molecule has 0 bridgehead atoms. The summed E-state index contributed by atoms with van der Waals surface area (Å²) in [6.45, 7) is 2.15. The molecule has 1 unspecified atom stereocenters. The van der Waals surface area contributed by atoms with E-state index in [9.17, 15) is 0 Å². The molecule has 0 saturated carbocycles. The summed E-state index contributed by atoms with van der Waals surface area (Å²) in [6.07, 6.45) is 0. The van der Waals surface area contributed by atoms with Crippen molar-refractivity contribution in [3.8, 4) is 5.75 Å². The molecule has 0 spiro atoms. The second kappa shape index (κ2) is 7.89. The predicted molar refractivity (Wildman–Crippen MR) is 125 cm³/mol. The van der Waals surface area contributed by atoms with E-state index in [4.69, 9.17) is 9.84 Å². The van der Waals surface area contributed by atoms with Gasteiger partial charge >= 0.3 is 0 Å². The van der Waals surface area contributed by atoms with E-state index < -0.39 is 0 Å². The van der Waals surface area contributed by atoms with Crippen molar-refractivity contribution in [1.29, 1.82) is 0 Å². The number of hydrogen-bond acceptors (Lipinski definition) is 5. The maximum atomic E-state index is 5.33. The molecule has 0 fully saturated rings. The van der Waals surface area contributed by atoms with Crippen molar-refractivity contribution in [3.63, 3.8) is 0 Å². The average molecular weight is 479 g/mol. The zero-order valence-electron chi connectivity index (χ0n) is 16.5. The number of halogens is 1. The van der Waals surface area contributed by atoms with E-state index in [1.807, 2.05) is 28.9 Å². The molecule has 0 radical (unpaired) electrons. The van der Waals surface area contributed by atoms with Gasteiger partial charge in [0.2, 0.25) is 5.16 Å². The molecule has 5 nitrogen and oxygen atoms in total. The Kier molecular flexibility index (Phi) is 5.08. The Labute approximate surface area is 187 Å². The Hall–Kier alpha value is -2.64. The third-order valence-corrected chi connectivity index (χ3v) is 6.79. The number of fused-ring (bicyclic) bond motifs is 2. The summed E-state index contributed by atoms with van der Waals surface area (Å²) in [5, 5.41) is 16.9. The maximum absolute atomic E-state index is 5.33. The van der Waals surface area contributed by atoms with Crippen LogP contribution >= 0.6 is 27.7 Å². The summed E-state index contributed by atoms with van der Waals surface area (Å²) < 4.78 is 8.29. The molecule has 0 amide bonds. The van der Waals surface area contributed by atoms with Crippen molar-refractivity contribution in [2.45, 2.75) is 18.0 Å². The number of hydrogen-bond donors (Lipinski definition) is 0. The Morgan fingerprint density at radius 3 is 2.57 bits per heavy atom. The predicted octanol–water partition coefficient (Wildman–Crippen LogP) is 5.71. The highest BCUT2D eigenvalue weighted by Gasteiger charge is 2.24. The Morgan fingerprint density at radius 1 is 1.00 bits per heavy atom. The van der Waals surface area contributed by atoms with Gasteiger partial charge in [0, 0.05) is 16.1 Å². The van der Waals surface area contributed by atoms with Crippen LogP contribution < -0.4 is 4.74 Å². The van der Waals surface area contributed by atoms with Crippen molar-refractivity contribution in [3.05, 3.63) is 82.1 Å². The molecule has 2 heterocycles. The van der Waals surface area contributed by atoms with Crippen LogP contribution in [0.2, 0.25) is 0 Å². The van der Waals surface area contributed by atoms with Crippen molar-refractivity contribution in [2.75, 3.05) is 12.9 Å². The van der Waals surface area contributed by atoms with E-state index in [2.05, 4.69) is 69.4 Å². The molecular formula is C23H19BrN4OS. The second-order valence-electron chi connectivity index (χ2n) is 7.19. The zero-order valence-corrected chi connectivity index (χ0v) is 18.9.